The van der Waals surface area contributed by atoms with Crippen LogP contribution in [-0.2, 0) is 11.2 Å². The average Bonchev–Trinajstić information content (AvgIpc) is 2.77. The summed E-state index contributed by atoms with van der Waals surface area (Å²) in [5.41, 5.74) is 1.82. The second kappa shape index (κ2) is 7.49. The number of amides is 1. The Labute approximate surface area is 132 Å². The molecule has 112 valence electrons. The molecule has 1 aromatic heterocycles. The van der Waals surface area contributed by atoms with Crippen molar-refractivity contribution in [2.45, 2.75) is 25.9 Å². The number of rotatable bonds is 6. The number of benzene rings is 1. The van der Waals surface area contributed by atoms with Gasteiger partial charge >= 0.3 is 0 Å². The molecule has 0 aliphatic heterocycles. The fraction of sp³-hybridized carbons (Fsp3) is 0.333. The van der Waals surface area contributed by atoms with E-state index in [1.165, 1.54) is 11.3 Å². The minimum atomic E-state index is -0.553. The number of aryl methyl sites for hydroxylation is 1. The number of thiazole rings is 1. The molecule has 0 saturated heterocycles. The maximum Gasteiger partial charge on any atom is 0.225 e. The average molecular weight is 322 g/mol. The van der Waals surface area contributed by atoms with Gasteiger partial charge in [-0.3, -0.25) is 4.79 Å². The molecule has 1 aromatic carbocycles. The van der Waals surface area contributed by atoms with Crippen LogP contribution in [0.5, 0.6) is 0 Å². The highest BCUT2D eigenvalue weighted by molar-refractivity contribution is 7.73. The Kier molecular flexibility index (Phi) is 5.67. The van der Waals surface area contributed by atoms with Gasteiger partial charge in [0, 0.05) is 17.1 Å². The van der Waals surface area contributed by atoms with Gasteiger partial charge in [-0.25, -0.2) is 0 Å². The summed E-state index contributed by atoms with van der Waals surface area (Å²) in [4.78, 5) is 15.8. The van der Waals surface area contributed by atoms with Crippen LogP contribution in [0.25, 0.3) is 0 Å². The highest BCUT2D eigenvalue weighted by Gasteiger charge is 2.10. The standard InChI is InChI=1S/C15H18N2O2S2/c1-10-13(21-15(20)17-10)9-14(19)16-8-7-12(18)11-5-3-2-4-6-11/h2-6,12,18H,7-9H2,1H3,(H,16,19)(H,17,20)/t12-/m0/s1. The van der Waals surface area contributed by atoms with Crippen LogP contribution in [0, 0.1) is 10.9 Å². The molecule has 21 heavy (non-hydrogen) atoms. The van der Waals surface area contributed by atoms with Gasteiger partial charge in [-0.1, -0.05) is 30.3 Å². The molecule has 0 saturated carbocycles. The summed E-state index contributed by atoms with van der Waals surface area (Å²) in [6, 6.07) is 9.44. The zero-order chi connectivity index (χ0) is 15.2. The first-order valence-electron chi connectivity index (χ1n) is 6.74. The minimum Gasteiger partial charge on any atom is -0.388 e. The van der Waals surface area contributed by atoms with Gasteiger partial charge < -0.3 is 15.4 Å². The molecule has 1 amide bonds. The van der Waals surface area contributed by atoms with Crippen LogP contribution in [0.15, 0.2) is 30.3 Å². The molecule has 0 aliphatic carbocycles. The molecule has 2 aromatic rings. The molecule has 6 heteroatoms. The van der Waals surface area contributed by atoms with Crippen LogP contribution in [0.2, 0.25) is 0 Å². The van der Waals surface area contributed by atoms with Gasteiger partial charge in [0.2, 0.25) is 5.91 Å². The first kappa shape index (κ1) is 15.9. The molecular formula is C15H18N2O2S2. The van der Waals surface area contributed by atoms with Crippen molar-refractivity contribution in [3.8, 4) is 0 Å². The van der Waals surface area contributed by atoms with Crippen molar-refractivity contribution in [1.29, 1.82) is 0 Å². The van der Waals surface area contributed by atoms with Crippen LogP contribution in [0.3, 0.4) is 0 Å². The first-order chi connectivity index (χ1) is 10.1. The number of aromatic nitrogens is 1. The fourth-order valence-electron chi connectivity index (χ4n) is 2.00. The molecule has 1 heterocycles. The van der Waals surface area contributed by atoms with E-state index in [9.17, 15) is 9.90 Å². The van der Waals surface area contributed by atoms with Crippen LogP contribution in [0.1, 0.15) is 28.7 Å². The quantitative estimate of drug-likeness (QED) is 0.717. The van der Waals surface area contributed by atoms with Crippen molar-refractivity contribution in [3.05, 3.63) is 50.4 Å². The molecule has 0 fully saturated rings. The molecule has 0 spiro atoms. The van der Waals surface area contributed by atoms with Crippen LogP contribution in [0.4, 0.5) is 0 Å². The summed E-state index contributed by atoms with van der Waals surface area (Å²) in [5, 5.41) is 12.8. The van der Waals surface area contributed by atoms with Crippen molar-refractivity contribution in [3.63, 3.8) is 0 Å². The number of carbonyl (C=O) groups excluding carboxylic acids is 1. The molecule has 0 aliphatic rings. The maximum atomic E-state index is 11.9. The first-order valence-corrected chi connectivity index (χ1v) is 7.97. The zero-order valence-corrected chi connectivity index (χ0v) is 13.4. The second-order valence-electron chi connectivity index (χ2n) is 4.80. The number of hydrogen-bond acceptors (Lipinski definition) is 4. The van der Waals surface area contributed by atoms with E-state index in [0.717, 1.165) is 16.1 Å². The Morgan fingerprint density at radius 1 is 1.43 bits per heavy atom. The number of aliphatic hydroxyl groups excluding tert-OH is 1. The Morgan fingerprint density at radius 2 is 2.14 bits per heavy atom. The number of H-pyrrole nitrogens is 1. The Bertz CT molecular complexity index is 649. The highest BCUT2D eigenvalue weighted by Crippen LogP contribution is 2.16. The smallest absolute Gasteiger partial charge is 0.225 e. The topological polar surface area (TPSA) is 65.1 Å². The number of hydrogen-bond donors (Lipinski definition) is 3. The molecular weight excluding hydrogens is 304 g/mol. The monoisotopic (exact) mass is 322 g/mol. The lowest BCUT2D eigenvalue weighted by atomic mass is 10.1. The highest BCUT2D eigenvalue weighted by atomic mass is 32.1. The van der Waals surface area contributed by atoms with E-state index in [0.29, 0.717) is 23.3 Å². The van der Waals surface area contributed by atoms with E-state index in [2.05, 4.69) is 10.3 Å². The number of aromatic amines is 1. The van der Waals surface area contributed by atoms with E-state index in [1.807, 2.05) is 37.3 Å². The molecule has 0 bridgehead atoms. The molecule has 0 unspecified atom stereocenters. The third kappa shape index (κ3) is 4.77. The van der Waals surface area contributed by atoms with E-state index in [4.69, 9.17) is 12.2 Å². The van der Waals surface area contributed by atoms with E-state index in [-0.39, 0.29) is 5.91 Å². The van der Waals surface area contributed by atoms with Gasteiger partial charge in [0.05, 0.1) is 12.5 Å². The van der Waals surface area contributed by atoms with Crippen molar-refractivity contribution in [2.24, 2.45) is 0 Å². The maximum absolute atomic E-state index is 11.9. The van der Waals surface area contributed by atoms with Gasteiger partial charge in [-0.15, -0.1) is 11.3 Å². The molecule has 2 rings (SSSR count). The van der Waals surface area contributed by atoms with Crippen molar-refractivity contribution < 1.29 is 9.90 Å². The molecule has 0 radical (unpaired) electrons. The predicted molar refractivity (Wildman–Crippen MR) is 87.0 cm³/mol. The Balaban J connectivity index is 1.77. The summed E-state index contributed by atoms with van der Waals surface area (Å²) in [6.07, 6.45) is 0.269. The summed E-state index contributed by atoms with van der Waals surface area (Å²) in [7, 11) is 0. The SMILES string of the molecule is Cc1[nH]c(=S)sc1CC(=O)NCC[C@H](O)c1ccccc1. The minimum absolute atomic E-state index is 0.0522. The zero-order valence-electron chi connectivity index (χ0n) is 11.8. The summed E-state index contributed by atoms with van der Waals surface area (Å²) >= 11 is 6.48. The second-order valence-corrected chi connectivity index (χ2v) is 6.58. The van der Waals surface area contributed by atoms with Crippen molar-refractivity contribution >= 4 is 29.5 Å². The largest absolute Gasteiger partial charge is 0.388 e. The van der Waals surface area contributed by atoms with Gasteiger partial charge in [0.15, 0.2) is 3.95 Å². The lowest BCUT2D eigenvalue weighted by molar-refractivity contribution is -0.120. The van der Waals surface area contributed by atoms with Crippen LogP contribution in [-0.4, -0.2) is 22.5 Å². The van der Waals surface area contributed by atoms with E-state index in [1.54, 1.807) is 0 Å². The normalized spacial score (nSPS) is 12.1. The Morgan fingerprint density at radius 3 is 2.76 bits per heavy atom. The summed E-state index contributed by atoms with van der Waals surface area (Å²) in [5.74, 6) is -0.0522. The number of aliphatic hydroxyl groups is 1. The fourth-order valence-corrected chi connectivity index (χ4v) is 3.29. The van der Waals surface area contributed by atoms with Gasteiger partial charge in [-0.05, 0) is 31.1 Å². The van der Waals surface area contributed by atoms with Crippen molar-refractivity contribution in [2.75, 3.05) is 6.54 Å². The van der Waals surface area contributed by atoms with E-state index >= 15 is 0 Å². The van der Waals surface area contributed by atoms with E-state index < -0.39 is 6.10 Å². The lowest BCUT2D eigenvalue weighted by Crippen LogP contribution is -2.27. The summed E-state index contributed by atoms with van der Waals surface area (Å²) in [6.45, 7) is 2.36. The molecule has 4 nitrogen and oxygen atoms in total. The van der Waals surface area contributed by atoms with Gasteiger partial charge in [0.25, 0.3) is 0 Å². The Hall–Kier alpha value is -1.50. The lowest BCUT2D eigenvalue weighted by Gasteiger charge is -2.11. The third-order valence-electron chi connectivity index (χ3n) is 3.17. The number of nitrogens with one attached hydrogen (secondary N) is 2. The van der Waals surface area contributed by atoms with Crippen molar-refractivity contribution in [1.82, 2.24) is 10.3 Å². The molecule has 3 N–H and O–H groups in total. The summed E-state index contributed by atoms with van der Waals surface area (Å²) < 4.78 is 0.690. The van der Waals surface area contributed by atoms with Gasteiger partial charge in [-0.2, -0.15) is 0 Å². The van der Waals surface area contributed by atoms with Crippen LogP contribution < -0.4 is 5.32 Å². The van der Waals surface area contributed by atoms with Gasteiger partial charge in [0.1, 0.15) is 0 Å². The number of carbonyl (C=O) groups is 1. The third-order valence-corrected chi connectivity index (χ3v) is 4.51. The molecule has 1 atom stereocenters. The predicted octanol–water partition coefficient (Wildman–Crippen LogP) is 2.90. The van der Waals surface area contributed by atoms with Crippen LogP contribution >= 0.6 is 23.6 Å².